The second-order valence-corrected chi connectivity index (χ2v) is 4.67. The van der Waals surface area contributed by atoms with Crippen LogP contribution in [0.3, 0.4) is 0 Å². The second kappa shape index (κ2) is 5.21. The van der Waals surface area contributed by atoms with E-state index < -0.39 is 0 Å². The van der Waals surface area contributed by atoms with Crippen LogP contribution in [0.1, 0.15) is 24.5 Å². The molecule has 0 spiro atoms. The van der Waals surface area contributed by atoms with Crippen LogP contribution in [0.25, 0.3) is 5.69 Å². The monoisotopic (exact) mass is 268 g/mol. The highest BCUT2D eigenvalue weighted by Crippen LogP contribution is 2.25. The SMILES string of the molecule is Cc1ccc(C(C)Nc2ccccc2-n2cncn2)o1. The van der Waals surface area contributed by atoms with Crippen molar-refractivity contribution in [3.8, 4) is 5.69 Å². The smallest absolute Gasteiger partial charge is 0.138 e. The summed E-state index contributed by atoms with van der Waals surface area (Å²) in [5.41, 5.74) is 1.94. The number of benzene rings is 1. The number of aromatic nitrogens is 3. The summed E-state index contributed by atoms with van der Waals surface area (Å²) < 4.78 is 7.39. The first-order chi connectivity index (χ1) is 9.74. The molecule has 0 aliphatic rings. The normalized spacial score (nSPS) is 12.3. The zero-order valence-electron chi connectivity index (χ0n) is 11.4. The molecule has 1 N–H and O–H groups in total. The standard InChI is InChI=1S/C15H16N4O/c1-11-7-8-15(20-11)12(2)18-13-5-3-4-6-14(13)19-10-16-9-17-19/h3-10,12,18H,1-2H3. The van der Waals surface area contributed by atoms with Crippen molar-refractivity contribution in [3.05, 3.63) is 60.6 Å². The predicted molar refractivity (Wildman–Crippen MR) is 76.8 cm³/mol. The van der Waals surface area contributed by atoms with Gasteiger partial charge < -0.3 is 9.73 Å². The van der Waals surface area contributed by atoms with Gasteiger partial charge in [0.15, 0.2) is 0 Å². The molecule has 0 aliphatic carbocycles. The molecule has 0 radical (unpaired) electrons. The van der Waals surface area contributed by atoms with Gasteiger partial charge in [0.25, 0.3) is 0 Å². The number of anilines is 1. The number of hydrogen-bond acceptors (Lipinski definition) is 4. The molecule has 3 aromatic rings. The summed E-state index contributed by atoms with van der Waals surface area (Å²) >= 11 is 0. The van der Waals surface area contributed by atoms with Gasteiger partial charge in [0, 0.05) is 0 Å². The summed E-state index contributed by atoms with van der Waals surface area (Å²) in [4.78, 5) is 3.99. The van der Waals surface area contributed by atoms with Gasteiger partial charge in [0.1, 0.15) is 24.2 Å². The van der Waals surface area contributed by atoms with Gasteiger partial charge in [-0.3, -0.25) is 0 Å². The third-order valence-corrected chi connectivity index (χ3v) is 3.13. The van der Waals surface area contributed by atoms with Crippen LogP contribution in [0.2, 0.25) is 0 Å². The van der Waals surface area contributed by atoms with E-state index in [-0.39, 0.29) is 6.04 Å². The Morgan fingerprint density at radius 1 is 1.20 bits per heavy atom. The van der Waals surface area contributed by atoms with Crippen LogP contribution in [0, 0.1) is 6.92 Å². The lowest BCUT2D eigenvalue weighted by Gasteiger charge is -2.16. The molecule has 5 nitrogen and oxygen atoms in total. The van der Waals surface area contributed by atoms with Crippen molar-refractivity contribution in [1.29, 1.82) is 0 Å². The maximum absolute atomic E-state index is 5.65. The third kappa shape index (κ3) is 2.42. The fraction of sp³-hybridized carbons (Fsp3) is 0.200. The molecule has 3 rings (SSSR count). The largest absolute Gasteiger partial charge is 0.464 e. The van der Waals surface area contributed by atoms with E-state index in [1.54, 1.807) is 11.0 Å². The number of aryl methyl sites for hydroxylation is 1. The van der Waals surface area contributed by atoms with Crippen molar-refractivity contribution in [2.75, 3.05) is 5.32 Å². The predicted octanol–water partition coefficient (Wildman–Crippen LogP) is 3.34. The number of hydrogen-bond donors (Lipinski definition) is 1. The molecule has 1 aromatic carbocycles. The molecular formula is C15H16N4O. The van der Waals surface area contributed by atoms with Crippen molar-refractivity contribution in [3.63, 3.8) is 0 Å². The Labute approximate surface area is 117 Å². The van der Waals surface area contributed by atoms with E-state index in [1.165, 1.54) is 6.33 Å². The fourth-order valence-electron chi connectivity index (χ4n) is 2.12. The van der Waals surface area contributed by atoms with Crippen LogP contribution in [-0.4, -0.2) is 14.8 Å². The molecule has 0 amide bonds. The third-order valence-electron chi connectivity index (χ3n) is 3.13. The van der Waals surface area contributed by atoms with Crippen LogP contribution in [0.5, 0.6) is 0 Å². The van der Waals surface area contributed by atoms with E-state index in [0.717, 1.165) is 22.9 Å². The highest BCUT2D eigenvalue weighted by molar-refractivity contribution is 5.61. The molecular weight excluding hydrogens is 252 g/mol. The maximum Gasteiger partial charge on any atom is 0.138 e. The van der Waals surface area contributed by atoms with Crippen molar-refractivity contribution in [2.45, 2.75) is 19.9 Å². The number of rotatable bonds is 4. The average Bonchev–Trinajstić information content (AvgIpc) is 3.10. The summed E-state index contributed by atoms with van der Waals surface area (Å²) in [5.74, 6) is 1.83. The van der Waals surface area contributed by atoms with E-state index in [1.807, 2.05) is 43.3 Å². The first kappa shape index (κ1) is 12.5. The minimum absolute atomic E-state index is 0.0772. The van der Waals surface area contributed by atoms with Gasteiger partial charge in [-0.1, -0.05) is 12.1 Å². The molecule has 2 heterocycles. The fourth-order valence-corrected chi connectivity index (χ4v) is 2.12. The molecule has 0 saturated carbocycles. The Bertz CT molecular complexity index is 687. The highest BCUT2D eigenvalue weighted by Gasteiger charge is 2.12. The van der Waals surface area contributed by atoms with Gasteiger partial charge in [0.2, 0.25) is 0 Å². The summed E-state index contributed by atoms with van der Waals surface area (Å²) in [6.07, 6.45) is 3.21. The molecule has 102 valence electrons. The average molecular weight is 268 g/mol. The Kier molecular flexibility index (Phi) is 3.25. The summed E-state index contributed by atoms with van der Waals surface area (Å²) in [7, 11) is 0. The number of furan rings is 1. The first-order valence-corrected chi connectivity index (χ1v) is 6.51. The van der Waals surface area contributed by atoms with E-state index in [4.69, 9.17) is 4.42 Å². The summed E-state index contributed by atoms with van der Waals surface area (Å²) in [6, 6.07) is 12.0. The summed E-state index contributed by atoms with van der Waals surface area (Å²) in [5, 5.41) is 7.62. The molecule has 5 heteroatoms. The zero-order valence-corrected chi connectivity index (χ0v) is 11.4. The number of nitrogens with one attached hydrogen (secondary N) is 1. The lowest BCUT2D eigenvalue weighted by Crippen LogP contribution is -2.09. The van der Waals surface area contributed by atoms with Crippen LogP contribution in [-0.2, 0) is 0 Å². The molecule has 0 bridgehead atoms. The lowest BCUT2D eigenvalue weighted by molar-refractivity contribution is 0.467. The van der Waals surface area contributed by atoms with Gasteiger partial charge in [-0.15, -0.1) is 0 Å². The first-order valence-electron chi connectivity index (χ1n) is 6.51. The minimum Gasteiger partial charge on any atom is -0.464 e. The van der Waals surface area contributed by atoms with Crippen molar-refractivity contribution in [1.82, 2.24) is 14.8 Å². The number of nitrogens with zero attached hydrogens (tertiary/aromatic N) is 3. The lowest BCUT2D eigenvalue weighted by atomic mass is 10.2. The van der Waals surface area contributed by atoms with Crippen LogP contribution >= 0.6 is 0 Å². The summed E-state index contributed by atoms with van der Waals surface area (Å²) in [6.45, 7) is 4.01. The van der Waals surface area contributed by atoms with E-state index in [2.05, 4.69) is 22.3 Å². The number of para-hydroxylation sites is 2. The molecule has 20 heavy (non-hydrogen) atoms. The molecule has 1 unspecified atom stereocenters. The molecule has 0 aliphatic heterocycles. The van der Waals surface area contributed by atoms with Crippen LogP contribution < -0.4 is 5.32 Å². The van der Waals surface area contributed by atoms with Gasteiger partial charge in [-0.05, 0) is 38.1 Å². The van der Waals surface area contributed by atoms with Crippen molar-refractivity contribution >= 4 is 5.69 Å². The molecule has 1 atom stereocenters. The molecule has 2 aromatic heterocycles. The topological polar surface area (TPSA) is 55.9 Å². The van der Waals surface area contributed by atoms with Gasteiger partial charge in [-0.25, -0.2) is 9.67 Å². The zero-order chi connectivity index (χ0) is 13.9. The van der Waals surface area contributed by atoms with E-state index in [0.29, 0.717) is 0 Å². The molecule has 0 fully saturated rings. The Morgan fingerprint density at radius 2 is 2.05 bits per heavy atom. The van der Waals surface area contributed by atoms with Crippen LogP contribution in [0.15, 0.2) is 53.5 Å². The Balaban J connectivity index is 1.88. The van der Waals surface area contributed by atoms with Gasteiger partial charge in [-0.2, -0.15) is 5.10 Å². The minimum atomic E-state index is 0.0772. The quantitative estimate of drug-likeness (QED) is 0.788. The van der Waals surface area contributed by atoms with E-state index >= 15 is 0 Å². The Hall–Kier alpha value is -2.56. The second-order valence-electron chi connectivity index (χ2n) is 4.67. The molecule has 0 saturated heterocycles. The van der Waals surface area contributed by atoms with Crippen molar-refractivity contribution < 1.29 is 4.42 Å². The van der Waals surface area contributed by atoms with Gasteiger partial charge >= 0.3 is 0 Å². The van der Waals surface area contributed by atoms with Gasteiger partial charge in [0.05, 0.1) is 17.4 Å². The Morgan fingerprint density at radius 3 is 2.75 bits per heavy atom. The van der Waals surface area contributed by atoms with Crippen molar-refractivity contribution in [2.24, 2.45) is 0 Å². The van der Waals surface area contributed by atoms with E-state index in [9.17, 15) is 0 Å². The highest BCUT2D eigenvalue weighted by atomic mass is 16.3. The van der Waals surface area contributed by atoms with Crippen LogP contribution in [0.4, 0.5) is 5.69 Å². The maximum atomic E-state index is 5.65.